The second kappa shape index (κ2) is 11.5. The fraction of sp³-hybridized carbons (Fsp3) is 0.606. The molecule has 9 heteroatoms. The van der Waals surface area contributed by atoms with Crippen molar-refractivity contribution in [3.8, 4) is 0 Å². The number of halogens is 4. The summed E-state index contributed by atoms with van der Waals surface area (Å²) in [5.41, 5.74) is 3.24. The van der Waals surface area contributed by atoms with E-state index in [4.69, 9.17) is 14.1 Å². The summed E-state index contributed by atoms with van der Waals surface area (Å²) in [6.45, 7) is 20.2. The topological polar surface area (TPSA) is 51.6 Å². The molecule has 1 aromatic heterocycles. The van der Waals surface area contributed by atoms with Crippen molar-refractivity contribution >= 4 is 13.9 Å². The van der Waals surface area contributed by atoms with Crippen molar-refractivity contribution in [2.75, 3.05) is 13.2 Å². The Labute approximate surface area is 248 Å². The van der Waals surface area contributed by atoms with Gasteiger partial charge in [-0.25, -0.2) is 4.39 Å². The highest BCUT2D eigenvalue weighted by atomic mass is 28.4. The van der Waals surface area contributed by atoms with E-state index in [1.54, 1.807) is 0 Å². The zero-order chi connectivity index (χ0) is 31.4. The maximum absolute atomic E-state index is 15.4. The summed E-state index contributed by atoms with van der Waals surface area (Å²) < 4.78 is 68.1. The zero-order valence-corrected chi connectivity index (χ0v) is 27.3. The van der Waals surface area contributed by atoms with E-state index in [1.807, 2.05) is 19.9 Å². The van der Waals surface area contributed by atoms with Crippen LogP contribution in [0.1, 0.15) is 119 Å². The van der Waals surface area contributed by atoms with Crippen molar-refractivity contribution in [2.24, 2.45) is 5.41 Å². The first-order chi connectivity index (χ1) is 19.2. The third-order valence-corrected chi connectivity index (χ3v) is 13.5. The number of fused-ring (bicyclic) bond motifs is 1. The fourth-order valence-corrected chi connectivity index (χ4v) is 7.09. The Bertz CT molecular complexity index is 1360. The molecule has 2 unspecified atom stereocenters. The fourth-order valence-electron chi connectivity index (χ4n) is 5.82. The van der Waals surface area contributed by atoms with Crippen LogP contribution in [-0.2, 0) is 21.8 Å². The summed E-state index contributed by atoms with van der Waals surface area (Å²) in [5.74, 6) is -1.24. The number of aromatic nitrogens is 1. The molecule has 0 saturated heterocycles. The Morgan fingerprint density at radius 3 is 2.33 bits per heavy atom. The van der Waals surface area contributed by atoms with Crippen LogP contribution in [0.15, 0.2) is 24.3 Å². The zero-order valence-electron chi connectivity index (χ0n) is 26.3. The molecule has 232 valence electrons. The molecule has 0 radical (unpaired) electrons. The molecule has 4 nitrogen and oxygen atoms in total. The molecule has 2 atom stereocenters. The summed E-state index contributed by atoms with van der Waals surface area (Å²) in [4.78, 5) is 5.15. The summed E-state index contributed by atoms with van der Waals surface area (Å²) in [7, 11) is -2.27. The molecule has 1 aliphatic heterocycles. The minimum Gasteiger partial charge on any atom is -0.410 e. The van der Waals surface area contributed by atoms with Gasteiger partial charge in [0.1, 0.15) is 11.9 Å². The molecule has 2 aromatic rings. The molecule has 0 spiro atoms. The van der Waals surface area contributed by atoms with Gasteiger partial charge in [0.05, 0.1) is 24.9 Å². The van der Waals surface area contributed by atoms with Crippen LogP contribution in [-0.4, -0.2) is 31.6 Å². The van der Waals surface area contributed by atoms with Gasteiger partial charge in [0, 0.05) is 28.1 Å². The summed E-state index contributed by atoms with van der Waals surface area (Å²) >= 11 is 0. The third kappa shape index (κ3) is 6.54. The smallest absolute Gasteiger partial charge is 0.410 e. The molecule has 0 saturated carbocycles. The van der Waals surface area contributed by atoms with Crippen molar-refractivity contribution < 1.29 is 31.8 Å². The molecule has 1 aliphatic carbocycles. The summed E-state index contributed by atoms with van der Waals surface area (Å²) in [6.07, 6.45) is -2.49. The Morgan fingerprint density at radius 1 is 1.14 bits per heavy atom. The van der Waals surface area contributed by atoms with Crippen LogP contribution >= 0.6 is 0 Å². The van der Waals surface area contributed by atoms with Gasteiger partial charge in [-0.05, 0) is 72.0 Å². The van der Waals surface area contributed by atoms with Crippen molar-refractivity contribution in [3.63, 3.8) is 0 Å². The van der Waals surface area contributed by atoms with E-state index in [0.717, 1.165) is 40.9 Å². The van der Waals surface area contributed by atoms with Crippen LogP contribution in [0.25, 0.3) is 5.57 Å². The van der Waals surface area contributed by atoms with E-state index in [1.165, 1.54) is 0 Å². The van der Waals surface area contributed by atoms with Crippen LogP contribution in [0.2, 0.25) is 18.1 Å². The lowest BCUT2D eigenvalue weighted by molar-refractivity contribution is -0.137. The summed E-state index contributed by atoms with van der Waals surface area (Å²) in [5, 5.41) is 11.9. The molecule has 1 aromatic carbocycles. The second-order valence-corrected chi connectivity index (χ2v) is 19.2. The number of benzene rings is 1. The number of nitrogens with zero attached hydrogens (tertiary/aromatic N) is 1. The highest BCUT2D eigenvalue weighted by molar-refractivity contribution is 6.74. The average Bonchev–Trinajstić information content (AvgIpc) is 2.85. The molecule has 0 amide bonds. The molecule has 1 N–H and O–H groups in total. The molecule has 4 rings (SSSR count). The van der Waals surface area contributed by atoms with Gasteiger partial charge < -0.3 is 14.3 Å². The molecule has 2 heterocycles. The van der Waals surface area contributed by atoms with Gasteiger partial charge >= 0.3 is 6.18 Å². The van der Waals surface area contributed by atoms with Crippen LogP contribution in [0.4, 0.5) is 17.6 Å². The van der Waals surface area contributed by atoms with Gasteiger partial charge in [0.25, 0.3) is 0 Å². The number of ether oxygens (including phenoxy) is 1. The maximum Gasteiger partial charge on any atom is 0.416 e. The van der Waals surface area contributed by atoms with E-state index in [-0.39, 0.29) is 28.0 Å². The van der Waals surface area contributed by atoms with Gasteiger partial charge in [-0.2, -0.15) is 13.2 Å². The van der Waals surface area contributed by atoms with Gasteiger partial charge in [0.2, 0.25) is 0 Å². The van der Waals surface area contributed by atoms with Gasteiger partial charge in [-0.1, -0.05) is 60.6 Å². The number of aliphatic hydroxyl groups is 1. The normalized spacial score (nSPS) is 20.4. The Balaban J connectivity index is 2.04. The molecule has 0 fully saturated rings. The number of rotatable bonds is 6. The predicted molar refractivity (Wildman–Crippen MR) is 160 cm³/mol. The first-order valence-corrected chi connectivity index (χ1v) is 17.7. The number of hydrogen-bond acceptors (Lipinski definition) is 4. The molecular formula is C33H45F4NO3Si. The maximum atomic E-state index is 15.4. The number of pyridine rings is 1. The summed E-state index contributed by atoms with van der Waals surface area (Å²) in [6, 6.07) is 2.32. The van der Waals surface area contributed by atoms with E-state index in [2.05, 4.69) is 47.7 Å². The minimum absolute atomic E-state index is 0.0517. The number of alkyl halides is 3. The minimum atomic E-state index is -4.69. The van der Waals surface area contributed by atoms with Crippen molar-refractivity contribution in [3.05, 3.63) is 69.3 Å². The quantitative estimate of drug-likeness (QED) is 0.263. The van der Waals surface area contributed by atoms with Gasteiger partial charge in [0.15, 0.2) is 8.32 Å². The largest absolute Gasteiger partial charge is 0.416 e. The number of aliphatic hydroxyl groups excluding tert-OH is 1. The van der Waals surface area contributed by atoms with E-state index < -0.39 is 32.0 Å². The van der Waals surface area contributed by atoms with Gasteiger partial charge in [-0.15, -0.1) is 0 Å². The second-order valence-electron chi connectivity index (χ2n) is 14.4. The van der Waals surface area contributed by atoms with E-state index in [0.29, 0.717) is 43.4 Å². The van der Waals surface area contributed by atoms with Crippen molar-refractivity contribution in [1.82, 2.24) is 4.98 Å². The lowest BCUT2D eigenvalue weighted by atomic mass is 9.71. The predicted octanol–water partition coefficient (Wildman–Crippen LogP) is 9.28. The van der Waals surface area contributed by atoms with E-state index >= 15 is 4.39 Å². The van der Waals surface area contributed by atoms with Gasteiger partial charge in [-0.3, -0.25) is 4.98 Å². The first-order valence-electron chi connectivity index (χ1n) is 14.8. The monoisotopic (exact) mass is 607 g/mol. The van der Waals surface area contributed by atoms with Crippen molar-refractivity contribution in [2.45, 2.75) is 110 Å². The van der Waals surface area contributed by atoms with Crippen molar-refractivity contribution in [1.29, 1.82) is 0 Å². The van der Waals surface area contributed by atoms with Crippen LogP contribution in [0.5, 0.6) is 0 Å². The van der Waals surface area contributed by atoms with Crippen LogP contribution < -0.4 is 0 Å². The highest BCUT2D eigenvalue weighted by Crippen LogP contribution is 2.52. The van der Waals surface area contributed by atoms with Crippen LogP contribution in [0.3, 0.4) is 0 Å². The van der Waals surface area contributed by atoms with E-state index in [9.17, 15) is 18.3 Å². The third-order valence-electron chi connectivity index (χ3n) is 9.06. The highest BCUT2D eigenvalue weighted by Gasteiger charge is 2.45. The number of hydrogen-bond donors (Lipinski definition) is 1. The SMILES string of the molecule is CC(C)c1nc2c(c(C3=CCOCC3)c1C(O)c1ccc(C(F)(F)F)cc1F)C(O[Si](C)(C)C(C)(C)C)CC(C)(C)C2. The Kier molecular flexibility index (Phi) is 8.95. The molecular weight excluding hydrogens is 562 g/mol. The van der Waals surface area contributed by atoms with Crippen LogP contribution in [0, 0.1) is 11.2 Å². The first kappa shape index (κ1) is 32.8. The lowest BCUT2D eigenvalue weighted by Gasteiger charge is -2.45. The lowest BCUT2D eigenvalue weighted by Crippen LogP contribution is -2.44. The average molecular weight is 608 g/mol. The molecule has 2 aliphatic rings. The Hall–Kier alpha value is -2.07. The Morgan fingerprint density at radius 2 is 1.81 bits per heavy atom. The molecule has 42 heavy (non-hydrogen) atoms. The molecule has 0 bridgehead atoms. The standard InChI is InChI=1S/C33H45F4NO3Si/c1-19(2)29-28(30(39)22-11-10-21(16-23(22)34)33(35,36)37)26(20-12-14-40-15-13-20)27-24(38-29)17-32(6,7)18-25(27)41-42(8,9)31(3,4)5/h10-12,16,19,25,30,39H,13-15,17-18H2,1-9H3.